The van der Waals surface area contributed by atoms with E-state index in [1.807, 2.05) is 38.1 Å². The summed E-state index contributed by atoms with van der Waals surface area (Å²) in [5.41, 5.74) is -4.19. The van der Waals surface area contributed by atoms with Crippen LogP contribution in [0.2, 0.25) is 0 Å². The van der Waals surface area contributed by atoms with Crippen LogP contribution in [0, 0.1) is 29.1 Å². The Kier molecular flexibility index (Phi) is 12.0. The normalized spacial score (nSPS) is 29.6. The number of carbonyl (C=O) groups is 4. The number of aromatic nitrogens is 1. The lowest BCUT2D eigenvalue weighted by atomic mass is 9.84. The van der Waals surface area contributed by atoms with E-state index in [1.54, 1.807) is 26.0 Å². The van der Waals surface area contributed by atoms with Crippen LogP contribution in [-0.2, 0) is 33.9 Å². The van der Waals surface area contributed by atoms with Crippen LogP contribution in [0.5, 0.6) is 11.6 Å². The van der Waals surface area contributed by atoms with E-state index in [4.69, 9.17) is 14.2 Å². The molecule has 1 aromatic heterocycles. The largest absolute Gasteiger partial charge is 0.492 e. The lowest BCUT2D eigenvalue weighted by molar-refractivity contribution is -0.257. The van der Waals surface area contributed by atoms with Crippen LogP contribution < -0.4 is 14.2 Å². The van der Waals surface area contributed by atoms with E-state index < -0.39 is 91.8 Å². The molecule has 4 aliphatic rings. The van der Waals surface area contributed by atoms with E-state index in [0.717, 1.165) is 19.2 Å². The number of halogens is 3. The third-order valence-corrected chi connectivity index (χ3v) is 14.7. The van der Waals surface area contributed by atoms with Crippen LogP contribution >= 0.6 is 0 Å². The number of amides is 2. The van der Waals surface area contributed by atoms with E-state index in [9.17, 15) is 40.8 Å². The van der Waals surface area contributed by atoms with Crippen LogP contribution in [0.25, 0.3) is 10.8 Å². The summed E-state index contributed by atoms with van der Waals surface area (Å²) in [6.07, 6.45) is 1.39. The van der Waals surface area contributed by atoms with Crippen LogP contribution in [-0.4, -0.2) is 83.7 Å². The maximum atomic E-state index is 14.8. The van der Waals surface area contributed by atoms with Gasteiger partial charge in [0.15, 0.2) is 5.78 Å². The summed E-state index contributed by atoms with van der Waals surface area (Å²) in [6, 6.07) is 6.13. The molecule has 318 valence electrons. The average molecular weight is 834 g/mol. The van der Waals surface area contributed by atoms with Crippen LogP contribution in [0.1, 0.15) is 99.3 Å². The summed E-state index contributed by atoms with van der Waals surface area (Å²) < 4.78 is 86.1. The number of nitrogens with zero attached hydrogens (tertiary/aromatic N) is 2. The summed E-state index contributed by atoms with van der Waals surface area (Å²) in [5.74, 6) is -4.39. The lowest BCUT2D eigenvalue weighted by Crippen LogP contribution is -2.48. The Hall–Kier alpha value is -4.21. The van der Waals surface area contributed by atoms with Gasteiger partial charge in [-0.05, 0) is 83.6 Å². The molecule has 12 nitrogen and oxygen atoms in total. The number of ketones is 1. The molecule has 1 saturated heterocycles. The zero-order valence-electron chi connectivity index (χ0n) is 33.9. The van der Waals surface area contributed by atoms with Gasteiger partial charge in [-0.3, -0.25) is 23.9 Å². The van der Waals surface area contributed by atoms with Gasteiger partial charge in [-0.1, -0.05) is 50.6 Å². The minimum Gasteiger partial charge on any atom is -0.492 e. The molecule has 2 amide bonds. The van der Waals surface area contributed by atoms with Crippen LogP contribution in [0.3, 0.4) is 0 Å². The molecule has 2 saturated carbocycles. The van der Waals surface area contributed by atoms with Gasteiger partial charge in [0, 0.05) is 23.6 Å². The number of rotatable bonds is 10. The molecule has 0 spiro atoms. The van der Waals surface area contributed by atoms with Crippen molar-refractivity contribution in [3.8, 4) is 11.6 Å². The fourth-order valence-electron chi connectivity index (χ4n) is 8.14. The number of Topliss-reactive ketones (excluding diaryl/α,β-unsaturated/α-hetero) is 1. The fourth-order valence-corrected chi connectivity index (χ4v) is 9.47. The van der Waals surface area contributed by atoms with Gasteiger partial charge in [0.1, 0.15) is 11.9 Å². The Balaban J connectivity index is 1.35. The Morgan fingerprint density at radius 1 is 1.05 bits per heavy atom. The zero-order valence-corrected chi connectivity index (χ0v) is 34.7. The Morgan fingerprint density at radius 3 is 2.40 bits per heavy atom. The van der Waals surface area contributed by atoms with Crippen molar-refractivity contribution < 1.29 is 55.0 Å². The monoisotopic (exact) mass is 833 g/mol. The Morgan fingerprint density at radius 2 is 1.74 bits per heavy atom. The zero-order chi connectivity index (χ0) is 42.4. The quantitative estimate of drug-likeness (QED) is 0.198. The number of esters is 1. The number of hydrogen-bond donors (Lipinski definition) is 1. The molecule has 2 aromatic rings. The first-order valence-corrected chi connectivity index (χ1v) is 21.6. The van der Waals surface area contributed by atoms with Crippen molar-refractivity contribution in [2.45, 2.75) is 128 Å². The minimum atomic E-state index is -4.86. The molecule has 1 N–H and O–H groups in total. The third kappa shape index (κ3) is 8.86. The van der Waals surface area contributed by atoms with Gasteiger partial charge < -0.3 is 19.1 Å². The van der Waals surface area contributed by atoms with Gasteiger partial charge in [0.25, 0.3) is 0 Å². The molecule has 3 fully saturated rings. The first kappa shape index (κ1) is 43.4. The average Bonchev–Trinajstić information content (AvgIpc) is 4.03. The standard InChI is InChI=1S/C42H54F3N3O9S/c1-7-55-34-23-46-36(30-14-9-8-13-29(30)34)56-28-19-32-33(49)22-41(38(52)47-58(53,54)40(6)17-18-40)21-27(41)16-15-25(2)11-10-12-26(3)31(37(51)48(32)24-28)20-35(50)57-39(4,5)42(43,44)45/h8-9,13-16,23,25-28,31-32H,7,10-12,17-22,24H2,1-6H3,(H,47,52)/b16-15-/t25-,26+,27+,28+,31-,32-,41+/m0/s1. The molecule has 6 rings (SSSR count). The maximum absolute atomic E-state index is 14.8. The SMILES string of the molecule is CCOc1cnc(O[C@@H]2C[C@H]3C(=O)C[C@]4(C(=O)NS(=O)(=O)C5(C)CC5)C[C@H]4/C=C\[C@@H](C)CCC[C@@H](C)[C@H](CC(=O)OC(C)(C)C(F)(F)F)C(=O)N3C2)c2ccccc12. The van der Waals surface area contributed by atoms with Crippen LogP contribution in [0.15, 0.2) is 42.6 Å². The molecule has 7 atom stereocenters. The second-order valence-electron chi connectivity index (χ2n) is 17.4. The van der Waals surface area contributed by atoms with Gasteiger partial charge in [-0.2, -0.15) is 13.2 Å². The highest BCUT2D eigenvalue weighted by Gasteiger charge is 2.63. The third-order valence-electron chi connectivity index (χ3n) is 12.6. The number of alkyl halides is 3. The second-order valence-corrected chi connectivity index (χ2v) is 19.6. The summed E-state index contributed by atoms with van der Waals surface area (Å²) in [5, 5.41) is 1.36. The van der Waals surface area contributed by atoms with Crippen molar-refractivity contribution in [2.75, 3.05) is 13.2 Å². The van der Waals surface area contributed by atoms with Gasteiger partial charge in [-0.25, -0.2) is 13.4 Å². The van der Waals surface area contributed by atoms with E-state index >= 15 is 0 Å². The summed E-state index contributed by atoms with van der Waals surface area (Å²) in [4.78, 5) is 62.5. The predicted molar refractivity (Wildman–Crippen MR) is 208 cm³/mol. The molecule has 2 aliphatic carbocycles. The number of fused-ring (bicyclic) bond motifs is 3. The number of ether oxygens (including phenoxy) is 3. The minimum absolute atomic E-state index is 0.0172. The number of allylic oxidation sites excluding steroid dienone is 2. The highest BCUT2D eigenvalue weighted by molar-refractivity contribution is 7.91. The smallest absolute Gasteiger partial charge is 0.427 e. The second kappa shape index (κ2) is 16.1. The Bertz CT molecular complexity index is 2070. The van der Waals surface area contributed by atoms with E-state index in [1.165, 1.54) is 11.1 Å². The topological polar surface area (TPSA) is 158 Å². The highest BCUT2D eigenvalue weighted by Crippen LogP contribution is 2.58. The molecule has 2 aliphatic heterocycles. The maximum Gasteiger partial charge on any atom is 0.427 e. The van der Waals surface area contributed by atoms with E-state index in [0.29, 0.717) is 49.8 Å². The number of pyridine rings is 1. The molecule has 3 heterocycles. The first-order valence-electron chi connectivity index (χ1n) is 20.2. The number of hydrogen-bond acceptors (Lipinski definition) is 10. The summed E-state index contributed by atoms with van der Waals surface area (Å²) >= 11 is 0. The summed E-state index contributed by atoms with van der Waals surface area (Å²) in [6.45, 7) is 8.90. The van der Waals surface area contributed by atoms with Crippen molar-refractivity contribution in [3.05, 3.63) is 42.6 Å². The molecule has 0 radical (unpaired) electrons. The van der Waals surface area contributed by atoms with Gasteiger partial charge in [-0.15, -0.1) is 0 Å². The fraction of sp³-hybridized carbons (Fsp3) is 0.643. The van der Waals surface area contributed by atoms with E-state index in [2.05, 4.69) is 9.71 Å². The molecule has 0 unspecified atom stereocenters. The predicted octanol–water partition coefficient (Wildman–Crippen LogP) is 6.85. The number of nitrogens with one attached hydrogen (secondary N) is 1. The van der Waals surface area contributed by atoms with Gasteiger partial charge in [0.2, 0.25) is 33.3 Å². The number of sulfonamides is 1. The van der Waals surface area contributed by atoms with Gasteiger partial charge in [0.05, 0.1) is 47.9 Å². The number of benzene rings is 1. The van der Waals surface area contributed by atoms with Crippen molar-refractivity contribution in [2.24, 2.45) is 29.1 Å². The molecular weight excluding hydrogens is 780 g/mol. The van der Waals surface area contributed by atoms with Crippen molar-refractivity contribution in [1.29, 1.82) is 0 Å². The van der Waals surface area contributed by atoms with E-state index in [-0.39, 0.29) is 37.6 Å². The lowest BCUT2D eigenvalue weighted by Gasteiger charge is -2.32. The molecule has 16 heteroatoms. The van der Waals surface area contributed by atoms with Crippen molar-refractivity contribution in [3.63, 3.8) is 0 Å². The molecule has 1 aromatic carbocycles. The highest BCUT2D eigenvalue weighted by atomic mass is 32.2. The first-order chi connectivity index (χ1) is 27.1. The number of carbonyl (C=O) groups excluding carboxylic acids is 4. The molecule has 0 bridgehead atoms. The molecular formula is C42H54F3N3O9S. The van der Waals surface area contributed by atoms with Crippen molar-refractivity contribution in [1.82, 2.24) is 14.6 Å². The van der Waals surface area contributed by atoms with Crippen LogP contribution in [0.4, 0.5) is 13.2 Å². The molecule has 58 heavy (non-hydrogen) atoms. The Labute approximate surface area is 337 Å². The van der Waals surface area contributed by atoms with Crippen molar-refractivity contribution >= 4 is 44.4 Å². The summed E-state index contributed by atoms with van der Waals surface area (Å²) in [7, 11) is -4.03. The van der Waals surface area contributed by atoms with Gasteiger partial charge >= 0.3 is 12.1 Å².